The number of amides is 4. The van der Waals surface area contributed by atoms with E-state index in [1.807, 2.05) is 58.9 Å². The Morgan fingerprint density at radius 1 is 0.564 bits per heavy atom. The van der Waals surface area contributed by atoms with Crippen molar-refractivity contribution in [3.05, 3.63) is 107 Å². The molecule has 94 heavy (non-hydrogen) atoms. The van der Waals surface area contributed by atoms with E-state index < -0.39 is 0 Å². The van der Waals surface area contributed by atoms with Crippen LogP contribution in [0.25, 0.3) is 0 Å². The molecule has 9 aliphatic rings. The van der Waals surface area contributed by atoms with E-state index in [1.54, 1.807) is 49.5 Å². The number of terminal acetylenes is 2. The molecule has 0 N–H and O–H groups in total. The third kappa shape index (κ3) is 14.8. The average molecular weight is 1290 g/mol. The van der Waals surface area contributed by atoms with Gasteiger partial charge in [-0.15, -0.1) is 18.8 Å². The minimum atomic E-state index is -0.253. The fourth-order valence-electron chi connectivity index (χ4n) is 16.6. The van der Waals surface area contributed by atoms with Crippen LogP contribution in [0.5, 0.6) is 0 Å². The Kier molecular flexibility index (Phi) is 22.0. The summed E-state index contributed by atoms with van der Waals surface area (Å²) in [7, 11) is 1.72. The van der Waals surface area contributed by atoms with Crippen molar-refractivity contribution in [3.63, 3.8) is 0 Å². The molecule has 0 radical (unpaired) electrons. The van der Waals surface area contributed by atoms with Crippen LogP contribution < -0.4 is 14.7 Å². The number of likely N-dealkylation sites (tertiary alicyclic amines) is 6. The number of fused-ring (bicyclic) bond motifs is 6. The van der Waals surface area contributed by atoms with E-state index in [1.165, 1.54) is 11.6 Å². The first-order chi connectivity index (χ1) is 45.6. The second-order valence-corrected chi connectivity index (χ2v) is 26.9. The number of piperidine rings is 6. The Morgan fingerprint density at radius 3 is 1.46 bits per heavy atom. The number of carbonyl (C=O) groups excluding carboxylic acids is 4. The van der Waals surface area contributed by atoms with Gasteiger partial charge < -0.3 is 63.0 Å². The number of anilines is 4. The summed E-state index contributed by atoms with van der Waals surface area (Å²) in [6, 6.07) is 19.7. The van der Waals surface area contributed by atoms with Gasteiger partial charge in [0.2, 0.25) is 11.9 Å². The molecule has 4 amide bonds. The lowest BCUT2D eigenvalue weighted by atomic mass is 9.73. The summed E-state index contributed by atoms with van der Waals surface area (Å²) in [5, 5.41) is 0. The van der Waals surface area contributed by atoms with Crippen LogP contribution in [-0.2, 0) is 40.0 Å². The van der Waals surface area contributed by atoms with E-state index in [0.717, 1.165) is 216 Å². The normalized spacial score (nSPS) is 21.1. The number of benzene rings is 3. The SMILES string of the molecule is C#CCCOC(=O)N1CCC(N2CCC3(CC2)CN(CCOC)c2ccc(F)cc23)CC1.C#Cc1ccc2c(c1)C1(CCN(C3CCN(C(=O)OCC)CC3)CC1)CN2C(C)=O.CCOC(=O)N1CCC(N2CCC3(CC2)CN(c2ncccn2)c2ccc(F)cc23)CC1.[HH]. The molecule has 19 nitrogen and oxygen atoms in total. The van der Waals surface area contributed by atoms with Crippen LogP contribution in [0, 0.1) is 36.3 Å². The van der Waals surface area contributed by atoms with Gasteiger partial charge in [0.15, 0.2) is 0 Å². The maximum absolute atomic E-state index is 14.3. The lowest BCUT2D eigenvalue weighted by Crippen LogP contribution is -2.52. The number of nitrogens with zero attached hydrogens (tertiary/aromatic N) is 11. The van der Waals surface area contributed by atoms with Crippen LogP contribution in [0.1, 0.15) is 128 Å². The molecular weight excluding hydrogens is 1200 g/mol. The summed E-state index contributed by atoms with van der Waals surface area (Å²) in [5.74, 6) is 5.66. The molecule has 3 aromatic carbocycles. The molecule has 0 atom stereocenters. The van der Waals surface area contributed by atoms with Gasteiger partial charge in [0.1, 0.15) is 18.2 Å². The molecule has 10 heterocycles. The Bertz CT molecular complexity index is 3360. The first kappa shape index (κ1) is 67.8. The molecule has 4 aromatic rings. The summed E-state index contributed by atoms with van der Waals surface area (Å²) in [6.07, 6.45) is 26.1. The van der Waals surface area contributed by atoms with Gasteiger partial charge in [0.25, 0.3) is 0 Å². The van der Waals surface area contributed by atoms with Crippen molar-refractivity contribution in [2.24, 2.45) is 0 Å². The number of ether oxygens (including phenoxy) is 4. The van der Waals surface area contributed by atoms with E-state index in [9.17, 15) is 28.0 Å². The standard InChI is InChI=1S/C25H34FN3O3.C24H30FN5O2.C24H31N3O3.H2/c1-3-4-16-32-24(30)28-11-7-21(8-12-28)27-13-9-25(10-14-27)19-29(15-17-31-2)23-6-5-20(26)18-22(23)25;1-2-32-23(31)29-12-6-19(7-13-29)28-14-8-24(9-15-28)17-30(22-26-10-3-11-27-22)21-5-4-18(25)16-20(21)24;1-4-19-6-7-22-21(16-19)24(17-27(22)18(3)28)10-14-25(15-11-24)20-8-12-26(13-9-20)23(29)30-5-2;/h1,5-6,18,21H,4,7-17,19H2,2H3;3-5,10-11,16,19H,2,6-9,12-15,17H2,1H3;1,6-7,16,20H,5,8-15,17H2,2-3H3;1H. The number of carbonyl (C=O) groups is 4. The van der Waals surface area contributed by atoms with Crippen molar-refractivity contribution in [1.82, 2.24) is 39.4 Å². The fourth-order valence-corrected chi connectivity index (χ4v) is 16.6. The van der Waals surface area contributed by atoms with Crippen molar-refractivity contribution < 1.29 is 48.3 Å². The zero-order valence-electron chi connectivity index (χ0n) is 55.6. The van der Waals surface area contributed by atoms with Gasteiger partial charge in [0.05, 0.1) is 19.8 Å². The molecule has 13 rings (SSSR count). The Hall–Kier alpha value is -7.56. The molecule has 0 bridgehead atoms. The van der Waals surface area contributed by atoms with Gasteiger partial charge in [-0.1, -0.05) is 5.92 Å². The number of hydrogen-bond acceptors (Lipinski definition) is 15. The fraction of sp³-hybridized carbons (Fsp3) is 0.589. The molecule has 506 valence electrons. The molecule has 6 fully saturated rings. The van der Waals surface area contributed by atoms with Crippen LogP contribution in [0.15, 0.2) is 73.1 Å². The largest absolute Gasteiger partial charge is 0.450 e. The van der Waals surface area contributed by atoms with Crippen molar-refractivity contribution in [1.29, 1.82) is 0 Å². The molecule has 9 aliphatic heterocycles. The van der Waals surface area contributed by atoms with Crippen molar-refractivity contribution >= 4 is 47.2 Å². The quantitative estimate of drug-likeness (QED) is 0.0792. The van der Waals surface area contributed by atoms with Crippen molar-refractivity contribution in [2.45, 2.75) is 139 Å². The van der Waals surface area contributed by atoms with Crippen LogP contribution in [-0.4, -0.2) is 220 Å². The Balaban J connectivity index is 0.000000155. The topological polar surface area (TPSA) is 160 Å². The lowest BCUT2D eigenvalue weighted by Gasteiger charge is -2.45. The minimum absolute atomic E-state index is 0. The molecule has 0 saturated carbocycles. The highest BCUT2D eigenvalue weighted by atomic mass is 19.1. The highest BCUT2D eigenvalue weighted by molar-refractivity contribution is 5.95. The highest BCUT2D eigenvalue weighted by Gasteiger charge is 2.50. The lowest BCUT2D eigenvalue weighted by molar-refractivity contribution is -0.116. The van der Waals surface area contributed by atoms with Crippen molar-refractivity contribution in [3.8, 4) is 24.7 Å². The number of methoxy groups -OCH3 is 1. The third-order valence-corrected chi connectivity index (χ3v) is 21.9. The van der Waals surface area contributed by atoms with Gasteiger partial charge in [-0.3, -0.25) is 4.79 Å². The van der Waals surface area contributed by atoms with Crippen molar-refractivity contribution in [2.75, 3.05) is 153 Å². The second-order valence-electron chi connectivity index (χ2n) is 26.9. The molecule has 6 saturated heterocycles. The summed E-state index contributed by atoms with van der Waals surface area (Å²) in [5.41, 5.74) is 7.51. The number of halogens is 2. The summed E-state index contributed by atoms with van der Waals surface area (Å²) in [4.78, 5) is 76.8. The monoisotopic (exact) mass is 1290 g/mol. The number of hydrogen-bond donors (Lipinski definition) is 0. The zero-order chi connectivity index (χ0) is 66.0. The van der Waals surface area contributed by atoms with E-state index in [0.29, 0.717) is 50.3 Å². The highest BCUT2D eigenvalue weighted by Crippen LogP contribution is 2.52. The molecule has 3 spiro atoms. The number of rotatable bonds is 11. The summed E-state index contributed by atoms with van der Waals surface area (Å²) < 4.78 is 49.2. The predicted octanol–water partition coefficient (Wildman–Crippen LogP) is 10.2. The Labute approximate surface area is 555 Å². The average Bonchev–Trinajstić information content (AvgIpc) is 1.62. The zero-order valence-corrected chi connectivity index (χ0v) is 55.6. The minimum Gasteiger partial charge on any atom is -0.450 e. The van der Waals surface area contributed by atoms with Crippen LogP contribution >= 0.6 is 0 Å². The molecule has 1 aromatic heterocycles. The first-order valence-corrected chi connectivity index (χ1v) is 34.3. The van der Waals surface area contributed by atoms with Gasteiger partial charge in [0, 0.05) is 157 Å². The number of aromatic nitrogens is 2. The third-order valence-electron chi connectivity index (χ3n) is 21.9. The van der Waals surface area contributed by atoms with Gasteiger partial charge in [-0.2, -0.15) is 0 Å². The predicted molar refractivity (Wildman–Crippen MR) is 361 cm³/mol. The van der Waals surface area contributed by atoms with Gasteiger partial charge >= 0.3 is 18.3 Å². The van der Waals surface area contributed by atoms with Gasteiger partial charge in [-0.05, 0) is 208 Å². The maximum atomic E-state index is 14.3. The smallest absolute Gasteiger partial charge is 0.409 e. The first-order valence-electron chi connectivity index (χ1n) is 34.3. The molecular formula is C73H97F2N11O8. The van der Waals surface area contributed by atoms with Crippen LogP contribution in [0.4, 0.5) is 46.2 Å². The van der Waals surface area contributed by atoms with Crippen LogP contribution in [0.2, 0.25) is 0 Å². The van der Waals surface area contributed by atoms with E-state index in [-0.39, 0.29) is 60.1 Å². The molecule has 0 unspecified atom stereocenters. The van der Waals surface area contributed by atoms with E-state index in [2.05, 4.69) is 52.4 Å². The maximum Gasteiger partial charge on any atom is 0.409 e. The summed E-state index contributed by atoms with van der Waals surface area (Å²) in [6.45, 7) is 20.9. The molecule has 21 heteroatoms. The summed E-state index contributed by atoms with van der Waals surface area (Å²) >= 11 is 0. The van der Waals surface area contributed by atoms with Crippen LogP contribution in [0.3, 0.4) is 0 Å². The van der Waals surface area contributed by atoms with Gasteiger partial charge in [-0.25, -0.2) is 33.1 Å². The molecule has 0 aliphatic carbocycles. The Morgan fingerprint density at radius 2 is 1.00 bits per heavy atom. The second kappa shape index (κ2) is 30.5. The van der Waals surface area contributed by atoms with E-state index >= 15 is 0 Å². The van der Waals surface area contributed by atoms with E-state index in [4.69, 9.17) is 31.8 Å².